The van der Waals surface area contributed by atoms with Crippen LogP contribution in [0.2, 0.25) is 0 Å². The van der Waals surface area contributed by atoms with E-state index < -0.39 is 10.0 Å². The third-order valence-electron chi connectivity index (χ3n) is 5.17. The van der Waals surface area contributed by atoms with Crippen LogP contribution in [0.25, 0.3) is 5.57 Å². The third kappa shape index (κ3) is 4.54. The van der Waals surface area contributed by atoms with E-state index in [0.29, 0.717) is 11.3 Å². The molecule has 3 rings (SSSR count). The minimum atomic E-state index is -3.69. The van der Waals surface area contributed by atoms with E-state index >= 15 is 0 Å². The van der Waals surface area contributed by atoms with Crippen molar-refractivity contribution in [3.63, 3.8) is 0 Å². The van der Waals surface area contributed by atoms with Crippen molar-refractivity contribution in [3.05, 3.63) is 95.3 Å². The molecule has 0 saturated carbocycles. The zero-order valence-electron chi connectivity index (χ0n) is 17.5. The summed E-state index contributed by atoms with van der Waals surface area (Å²) in [7, 11) is -3.69. The van der Waals surface area contributed by atoms with Gasteiger partial charge in [-0.05, 0) is 55.5 Å². The topological polar surface area (TPSA) is 39.1 Å². The van der Waals surface area contributed by atoms with Crippen LogP contribution in [-0.4, -0.2) is 12.4 Å². The molecule has 0 saturated heterocycles. The van der Waals surface area contributed by atoms with Crippen LogP contribution in [0.5, 0.6) is 0 Å². The maximum Gasteiger partial charge on any atom is 0.267 e. The molecule has 3 nitrogen and oxygen atoms in total. The van der Waals surface area contributed by atoms with Gasteiger partial charge in [-0.2, -0.15) is 0 Å². The van der Waals surface area contributed by atoms with E-state index in [9.17, 15) is 8.42 Å². The molecule has 0 aliphatic carbocycles. The number of nitrogens with zero attached hydrogens (tertiary/aromatic N) is 1. The Bertz CT molecular complexity index is 1090. The van der Waals surface area contributed by atoms with E-state index in [-0.39, 0.29) is 0 Å². The summed E-state index contributed by atoms with van der Waals surface area (Å²) in [4.78, 5) is 0.308. The summed E-state index contributed by atoms with van der Waals surface area (Å²) >= 11 is 0. The van der Waals surface area contributed by atoms with E-state index in [1.165, 1.54) is 3.97 Å². The predicted octanol–water partition coefficient (Wildman–Crippen LogP) is 6.00. The van der Waals surface area contributed by atoms with Gasteiger partial charge >= 0.3 is 0 Å². The molecule has 0 aliphatic heterocycles. The second-order valence-electron chi connectivity index (χ2n) is 7.64. The Labute approximate surface area is 174 Å². The zero-order valence-corrected chi connectivity index (χ0v) is 18.3. The van der Waals surface area contributed by atoms with Gasteiger partial charge in [0, 0.05) is 23.9 Å². The second kappa shape index (κ2) is 8.83. The van der Waals surface area contributed by atoms with Crippen LogP contribution in [0.3, 0.4) is 0 Å². The summed E-state index contributed by atoms with van der Waals surface area (Å²) in [6.07, 6.45) is 5.27. The molecular formula is C25H29NO2S. The highest BCUT2D eigenvalue weighted by molar-refractivity contribution is 7.90. The molecule has 0 fully saturated rings. The number of aryl methyl sites for hydroxylation is 2. The summed E-state index contributed by atoms with van der Waals surface area (Å²) in [5, 5.41) is 0. The molecule has 4 heteroatoms. The van der Waals surface area contributed by atoms with Crippen LogP contribution >= 0.6 is 0 Å². The first-order valence-corrected chi connectivity index (χ1v) is 11.5. The van der Waals surface area contributed by atoms with Crippen molar-refractivity contribution in [2.75, 3.05) is 0 Å². The Hall–Kier alpha value is -2.59. The van der Waals surface area contributed by atoms with Gasteiger partial charge in [-0.15, -0.1) is 0 Å². The molecule has 0 radical (unpaired) electrons. The Morgan fingerprint density at radius 2 is 1.69 bits per heavy atom. The van der Waals surface area contributed by atoms with Crippen molar-refractivity contribution >= 4 is 15.6 Å². The van der Waals surface area contributed by atoms with Gasteiger partial charge in [0.15, 0.2) is 0 Å². The fourth-order valence-electron chi connectivity index (χ4n) is 3.65. The van der Waals surface area contributed by atoms with Gasteiger partial charge in [0.25, 0.3) is 10.0 Å². The summed E-state index contributed by atoms with van der Waals surface area (Å²) in [6, 6.07) is 17.0. The van der Waals surface area contributed by atoms with Gasteiger partial charge in [0.2, 0.25) is 0 Å². The van der Waals surface area contributed by atoms with E-state index in [0.717, 1.165) is 52.8 Å². The molecule has 0 unspecified atom stereocenters. The summed E-state index contributed by atoms with van der Waals surface area (Å²) in [5.41, 5.74) is 5.84. The third-order valence-corrected chi connectivity index (χ3v) is 6.88. The average molecular weight is 408 g/mol. The normalized spacial score (nSPS) is 11.6. The standard InChI is InChI=1S/C25H29NO2S/c1-5-6-12-22-18-26(29(27,28)23-15-13-20(4)14-16-23)24(25(22)19(2)3)17-21-10-8-7-9-11-21/h7-11,13-16,18H,2,5-6,12,17H2,1,3-4H3. The molecule has 0 amide bonds. The zero-order chi connectivity index (χ0) is 21.0. The van der Waals surface area contributed by atoms with Crippen LogP contribution in [-0.2, 0) is 22.9 Å². The van der Waals surface area contributed by atoms with E-state index in [4.69, 9.17) is 0 Å². The molecule has 1 heterocycles. The highest BCUT2D eigenvalue weighted by Gasteiger charge is 2.25. The Balaban J connectivity index is 2.21. The van der Waals surface area contributed by atoms with Crippen molar-refractivity contribution in [2.45, 2.75) is 51.3 Å². The Morgan fingerprint density at radius 3 is 2.28 bits per heavy atom. The first-order chi connectivity index (χ1) is 13.8. The lowest BCUT2D eigenvalue weighted by atomic mass is 9.97. The number of benzene rings is 2. The van der Waals surface area contributed by atoms with Crippen molar-refractivity contribution in [1.29, 1.82) is 0 Å². The Morgan fingerprint density at radius 1 is 1.03 bits per heavy atom. The fourth-order valence-corrected chi connectivity index (χ4v) is 5.07. The number of unbranched alkanes of at least 4 members (excludes halogenated alkanes) is 1. The molecule has 0 bridgehead atoms. The molecule has 29 heavy (non-hydrogen) atoms. The second-order valence-corrected chi connectivity index (χ2v) is 9.45. The van der Waals surface area contributed by atoms with Crippen LogP contribution in [0.15, 0.2) is 72.3 Å². The maximum absolute atomic E-state index is 13.6. The van der Waals surface area contributed by atoms with Crippen LogP contribution in [0.1, 0.15) is 54.6 Å². The monoisotopic (exact) mass is 407 g/mol. The van der Waals surface area contributed by atoms with Crippen molar-refractivity contribution in [1.82, 2.24) is 3.97 Å². The lowest BCUT2D eigenvalue weighted by molar-refractivity contribution is 0.585. The van der Waals surface area contributed by atoms with Crippen LogP contribution in [0.4, 0.5) is 0 Å². The molecule has 2 aromatic carbocycles. The number of hydrogen-bond acceptors (Lipinski definition) is 2. The number of allylic oxidation sites excluding steroid dienone is 1. The minimum absolute atomic E-state index is 0.308. The van der Waals surface area contributed by atoms with Gasteiger partial charge in [0.05, 0.1) is 4.90 Å². The molecule has 0 spiro atoms. The predicted molar refractivity (Wildman–Crippen MR) is 121 cm³/mol. The maximum atomic E-state index is 13.6. The van der Waals surface area contributed by atoms with Gasteiger partial charge in [0.1, 0.15) is 0 Å². The molecule has 0 atom stereocenters. The fraction of sp³-hybridized carbons (Fsp3) is 0.280. The number of aromatic nitrogens is 1. The highest BCUT2D eigenvalue weighted by atomic mass is 32.2. The summed E-state index contributed by atoms with van der Waals surface area (Å²) in [6.45, 7) is 10.2. The van der Waals surface area contributed by atoms with Crippen molar-refractivity contribution in [2.24, 2.45) is 0 Å². The molecule has 0 N–H and O–H groups in total. The lowest BCUT2D eigenvalue weighted by Gasteiger charge is -2.13. The SMILES string of the molecule is C=C(C)c1c(CCCC)cn(S(=O)(=O)c2ccc(C)cc2)c1Cc1ccccc1. The minimum Gasteiger partial charge on any atom is -0.245 e. The smallest absolute Gasteiger partial charge is 0.245 e. The average Bonchev–Trinajstić information content (AvgIpc) is 3.06. The molecule has 3 aromatic rings. The van der Waals surface area contributed by atoms with Gasteiger partial charge in [-0.25, -0.2) is 12.4 Å². The molecule has 0 aliphatic rings. The summed E-state index contributed by atoms with van der Waals surface area (Å²) < 4.78 is 28.6. The van der Waals surface area contributed by atoms with Crippen molar-refractivity contribution in [3.8, 4) is 0 Å². The lowest BCUT2D eigenvalue weighted by Crippen LogP contribution is -2.16. The van der Waals surface area contributed by atoms with Crippen LogP contribution < -0.4 is 0 Å². The quantitative estimate of drug-likeness (QED) is 0.459. The van der Waals surface area contributed by atoms with E-state index in [1.54, 1.807) is 12.1 Å². The van der Waals surface area contributed by atoms with Gasteiger partial charge < -0.3 is 0 Å². The largest absolute Gasteiger partial charge is 0.267 e. The van der Waals surface area contributed by atoms with Crippen molar-refractivity contribution < 1.29 is 8.42 Å². The number of hydrogen-bond donors (Lipinski definition) is 0. The molecule has 152 valence electrons. The first kappa shape index (κ1) is 21.1. The molecule has 1 aromatic heterocycles. The van der Waals surface area contributed by atoms with E-state index in [2.05, 4.69) is 13.5 Å². The van der Waals surface area contributed by atoms with Crippen LogP contribution in [0, 0.1) is 6.92 Å². The van der Waals surface area contributed by atoms with E-state index in [1.807, 2.05) is 62.5 Å². The van der Waals surface area contributed by atoms with Gasteiger partial charge in [-0.1, -0.05) is 68.0 Å². The molecular weight excluding hydrogens is 378 g/mol. The Kier molecular flexibility index (Phi) is 6.43. The summed E-state index contributed by atoms with van der Waals surface area (Å²) in [5.74, 6) is 0. The number of rotatable bonds is 8. The van der Waals surface area contributed by atoms with Gasteiger partial charge in [-0.3, -0.25) is 0 Å². The highest BCUT2D eigenvalue weighted by Crippen LogP contribution is 2.31. The first-order valence-electron chi connectivity index (χ1n) is 10.1.